The van der Waals surface area contributed by atoms with E-state index in [4.69, 9.17) is 0 Å². The Hall–Kier alpha value is -2.89. The summed E-state index contributed by atoms with van der Waals surface area (Å²) in [7, 11) is 7.49. The molecule has 1 amide bonds. The SMILES string of the molecule is CCc1cc(C(=O)N(C)C)ccc1N(C)c1cc2c(cn1)ncn2C. The quantitative estimate of drug-likeness (QED) is 0.734. The van der Waals surface area contributed by atoms with Crippen LogP contribution in [0.5, 0.6) is 0 Å². The highest BCUT2D eigenvalue weighted by Crippen LogP contribution is 2.29. The third kappa shape index (κ3) is 3.07. The van der Waals surface area contributed by atoms with E-state index in [9.17, 15) is 4.79 Å². The molecule has 0 aliphatic carbocycles. The molecule has 3 aromatic rings. The van der Waals surface area contributed by atoms with Gasteiger partial charge in [0.2, 0.25) is 0 Å². The standard InChI is InChI=1S/C19H23N5O/c1-6-13-9-14(19(25)22(2)3)7-8-16(13)24(5)18-10-17-15(11-20-18)21-12-23(17)4/h7-12H,6H2,1-5H3. The number of nitrogens with zero attached hydrogens (tertiary/aromatic N) is 5. The van der Waals surface area contributed by atoms with Gasteiger partial charge in [-0.05, 0) is 30.2 Å². The lowest BCUT2D eigenvalue weighted by molar-refractivity contribution is 0.0827. The van der Waals surface area contributed by atoms with Crippen molar-refractivity contribution in [3.8, 4) is 0 Å². The maximum absolute atomic E-state index is 12.2. The lowest BCUT2D eigenvalue weighted by atomic mass is 10.0. The molecule has 6 heteroatoms. The molecule has 0 radical (unpaired) electrons. The normalized spacial score (nSPS) is 10.9. The number of hydrogen-bond donors (Lipinski definition) is 0. The zero-order valence-corrected chi connectivity index (χ0v) is 15.3. The maximum Gasteiger partial charge on any atom is 0.253 e. The highest BCUT2D eigenvalue weighted by Gasteiger charge is 2.15. The predicted molar refractivity (Wildman–Crippen MR) is 100 cm³/mol. The lowest BCUT2D eigenvalue weighted by Gasteiger charge is -2.22. The summed E-state index contributed by atoms with van der Waals surface area (Å²) in [6.07, 6.45) is 4.41. The molecule has 0 N–H and O–H groups in total. The molecule has 0 aliphatic rings. The lowest BCUT2D eigenvalue weighted by Crippen LogP contribution is -2.22. The number of carbonyl (C=O) groups excluding carboxylic acids is 1. The van der Waals surface area contributed by atoms with Crippen molar-refractivity contribution in [2.24, 2.45) is 7.05 Å². The summed E-state index contributed by atoms with van der Waals surface area (Å²) in [5, 5.41) is 0. The molecule has 1 aromatic carbocycles. The summed E-state index contributed by atoms with van der Waals surface area (Å²) in [5.74, 6) is 0.857. The zero-order valence-electron chi connectivity index (χ0n) is 15.3. The smallest absolute Gasteiger partial charge is 0.253 e. The number of aromatic nitrogens is 3. The summed E-state index contributed by atoms with van der Waals surface area (Å²) in [6, 6.07) is 7.86. The number of pyridine rings is 1. The molecule has 25 heavy (non-hydrogen) atoms. The average Bonchev–Trinajstić information content (AvgIpc) is 3.00. The highest BCUT2D eigenvalue weighted by molar-refractivity contribution is 5.94. The number of aryl methyl sites for hydroxylation is 2. The van der Waals surface area contributed by atoms with Gasteiger partial charge in [0, 0.05) is 45.5 Å². The highest BCUT2D eigenvalue weighted by atomic mass is 16.2. The monoisotopic (exact) mass is 337 g/mol. The number of imidazole rings is 1. The molecule has 130 valence electrons. The van der Waals surface area contributed by atoms with Crippen molar-refractivity contribution >= 4 is 28.4 Å². The van der Waals surface area contributed by atoms with Gasteiger partial charge in [0.05, 0.1) is 18.0 Å². The van der Waals surface area contributed by atoms with Crippen molar-refractivity contribution in [2.75, 3.05) is 26.0 Å². The first-order valence-electron chi connectivity index (χ1n) is 8.27. The molecule has 0 bridgehead atoms. The van der Waals surface area contributed by atoms with E-state index in [1.807, 2.05) is 42.9 Å². The van der Waals surface area contributed by atoms with E-state index in [1.54, 1.807) is 31.5 Å². The number of anilines is 2. The predicted octanol–water partition coefficient (Wildman–Crippen LogP) is 3.00. The van der Waals surface area contributed by atoms with Crippen LogP contribution in [0.2, 0.25) is 0 Å². The Labute approximate surface area is 147 Å². The molecule has 0 saturated carbocycles. The van der Waals surface area contributed by atoms with E-state index < -0.39 is 0 Å². The molecule has 0 aliphatic heterocycles. The van der Waals surface area contributed by atoms with Crippen LogP contribution < -0.4 is 4.90 Å². The number of benzene rings is 1. The van der Waals surface area contributed by atoms with E-state index in [0.717, 1.165) is 34.5 Å². The average molecular weight is 337 g/mol. The van der Waals surface area contributed by atoms with Gasteiger partial charge < -0.3 is 14.4 Å². The summed E-state index contributed by atoms with van der Waals surface area (Å²) in [5.41, 5.74) is 4.78. The van der Waals surface area contributed by atoms with E-state index in [2.05, 4.69) is 21.8 Å². The minimum absolute atomic E-state index is 0.0123. The summed E-state index contributed by atoms with van der Waals surface area (Å²) < 4.78 is 1.98. The third-order valence-electron chi connectivity index (χ3n) is 4.42. The molecule has 2 aromatic heterocycles. The molecule has 0 fully saturated rings. The Bertz CT molecular complexity index is 929. The van der Waals surface area contributed by atoms with Gasteiger partial charge in [-0.25, -0.2) is 9.97 Å². The number of carbonyl (C=O) groups is 1. The van der Waals surface area contributed by atoms with Crippen LogP contribution in [0.25, 0.3) is 11.0 Å². The van der Waals surface area contributed by atoms with Gasteiger partial charge in [-0.2, -0.15) is 0 Å². The van der Waals surface area contributed by atoms with Crippen molar-refractivity contribution in [2.45, 2.75) is 13.3 Å². The van der Waals surface area contributed by atoms with E-state index in [-0.39, 0.29) is 5.91 Å². The number of amides is 1. The summed E-state index contributed by atoms with van der Waals surface area (Å²) in [6.45, 7) is 2.09. The van der Waals surface area contributed by atoms with Gasteiger partial charge in [-0.1, -0.05) is 6.92 Å². The van der Waals surface area contributed by atoms with Crippen LogP contribution in [-0.4, -0.2) is 46.5 Å². The molecule has 6 nitrogen and oxygen atoms in total. The van der Waals surface area contributed by atoms with Crippen molar-refractivity contribution in [3.05, 3.63) is 47.9 Å². The molecule has 0 atom stereocenters. The second-order valence-corrected chi connectivity index (χ2v) is 6.34. The summed E-state index contributed by atoms with van der Waals surface area (Å²) >= 11 is 0. The number of rotatable bonds is 4. The Morgan fingerprint density at radius 3 is 2.60 bits per heavy atom. The molecule has 0 unspecified atom stereocenters. The molecular weight excluding hydrogens is 314 g/mol. The molecular formula is C19H23N5O. The van der Waals surface area contributed by atoms with Crippen LogP contribution in [0, 0.1) is 0 Å². The van der Waals surface area contributed by atoms with Crippen molar-refractivity contribution in [1.82, 2.24) is 19.4 Å². The number of hydrogen-bond acceptors (Lipinski definition) is 4. The van der Waals surface area contributed by atoms with Crippen LogP contribution in [0.4, 0.5) is 11.5 Å². The zero-order chi connectivity index (χ0) is 18.1. The van der Waals surface area contributed by atoms with E-state index >= 15 is 0 Å². The topological polar surface area (TPSA) is 54.3 Å². The van der Waals surface area contributed by atoms with Gasteiger partial charge in [0.15, 0.2) is 0 Å². The molecule has 0 spiro atoms. The second-order valence-electron chi connectivity index (χ2n) is 6.34. The maximum atomic E-state index is 12.2. The van der Waals surface area contributed by atoms with Crippen molar-refractivity contribution in [1.29, 1.82) is 0 Å². The minimum Gasteiger partial charge on any atom is -0.345 e. The first-order chi connectivity index (χ1) is 11.9. The van der Waals surface area contributed by atoms with Crippen molar-refractivity contribution < 1.29 is 4.79 Å². The van der Waals surface area contributed by atoms with E-state index in [0.29, 0.717) is 5.56 Å². The first-order valence-corrected chi connectivity index (χ1v) is 8.27. The number of fused-ring (bicyclic) bond motifs is 1. The third-order valence-corrected chi connectivity index (χ3v) is 4.42. The second kappa shape index (κ2) is 6.55. The van der Waals surface area contributed by atoms with Crippen LogP contribution in [0.15, 0.2) is 36.8 Å². The van der Waals surface area contributed by atoms with Gasteiger partial charge in [0.25, 0.3) is 5.91 Å². The molecule has 0 saturated heterocycles. The molecule has 3 rings (SSSR count). The van der Waals surface area contributed by atoms with Crippen LogP contribution in [0.1, 0.15) is 22.8 Å². The Balaban J connectivity index is 2.01. The first kappa shape index (κ1) is 17.0. The largest absolute Gasteiger partial charge is 0.345 e. The fourth-order valence-electron chi connectivity index (χ4n) is 2.91. The van der Waals surface area contributed by atoms with Gasteiger partial charge in [0.1, 0.15) is 11.3 Å². The Kier molecular flexibility index (Phi) is 4.44. The Morgan fingerprint density at radius 2 is 1.92 bits per heavy atom. The van der Waals surface area contributed by atoms with Gasteiger partial charge >= 0.3 is 0 Å². The fraction of sp³-hybridized carbons (Fsp3) is 0.316. The van der Waals surface area contributed by atoms with Gasteiger partial charge in [-0.15, -0.1) is 0 Å². The van der Waals surface area contributed by atoms with Gasteiger partial charge in [-0.3, -0.25) is 4.79 Å². The summed E-state index contributed by atoms with van der Waals surface area (Å²) in [4.78, 5) is 24.7. The Morgan fingerprint density at radius 1 is 1.16 bits per heavy atom. The molecule has 2 heterocycles. The van der Waals surface area contributed by atoms with E-state index in [1.165, 1.54) is 0 Å². The van der Waals surface area contributed by atoms with Crippen LogP contribution in [-0.2, 0) is 13.5 Å². The van der Waals surface area contributed by atoms with Crippen molar-refractivity contribution in [3.63, 3.8) is 0 Å². The van der Waals surface area contributed by atoms with Crippen LogP contribution >= 0.6 is 0 Å². The fourth-order valence-corrected chi connectivity index (χ4v) is 2.91. The van der Waals surface area contributed by atoms with Crippen LogP contribution in [0.3, 0.4) is 0 Å². The minimum atomic E-state index is 0.0123.